The minimum atomic E-state index is -0.0334. The zero-order valence-electron chi connectivity index (χ0n) is 32.7. The van der Waals surface area contributed by atoms with Crippen LogP contribution in [0.5, 0.6) is 11.5 Å². The van der Waals surface area contributed by atoms with Crippen LogP contribution >= 0.6 is 0 Å². The average Bonchev–Trinajstić information content (AvgIpc) is 3.93. The molecular formula is C49H43BN5OPt-3. The molecule has 0 N–H and O–H groups in total. The predicted molar refractivity (Wildman–Crippen MR) is 231 cm³/mol. The van der Waals surface area contributed by atoms with Crippen LogP contribution < -0.4 is 24.8 Å². The van der Waals surface area contributed by atoms with Crippen molar-refractivity contribution in [1.82, 2.24) is 9.46 Å². The molecule has 57 heavy (non-hydrogen) atoms. The number of hydrogen-bond acceptors (Lipinski definition) is 5. The third-order valence-electron chi connectivity index (χ3n) is 10.8. The second-order valence-corrected chi connectivity index (χ2v) is 15.0. The number of imidazole rings is 1. The van der Waals surface area contributed by atoms with Gasteiger partial charge in [-0.05, 0) is 59.0 Å². The molecule has 0 bridgehead atoms. The van der Waals surface area contributed by atoms with Crippen molar-refractivity contribution < 1.29 is 25.8 Å². The summed E-state index contributed by atoms with van der Waals surface area (Å²) in [6, 6.07) is 51.6. The summed E-state index contributed by atoms with van der Waals surface area (Å²) in [7, 11) is 2.17. The molecule has 9 rings (SSSR count). The topological polar surface area (TPSA) is 36.8 Å². The van der Waals surface area contributed by atoms with Gasteiger partial charge in [-0.1, -0.05) is 148 Å². The number of fused-ring (bicyclic) bond motifs is 3. The van der Waals surface area contributed by atoms with Gasteiger partial charge in [-0.2, -0.15) is 6.07 Å². The van der Waals surface area contributed by atoms with E-state index in [4.69, 9.17) is 9.72 Å². The summed E-state index contributed by atoms with van der Waals surface area (Å²) < 4.78 is 8.79. The van der Waals surface area contributed by atoms with Gasteiger partial charge in [0.2, 0.25) is 0 Å². The Morgan fingerprint density at radius 1 is 0.649 bits per heavy atom. The molecule has 3 heterocycles. The van der Waals surface area contributed by atoms with Crippen molar-refractivity contribution >= 4 is 29.5 Å². The van der Waals surface area contributed by atoms with E-state index in [1.807, 2.05) is 30.5 Å². The predicted octanol–water partition coefficient (Wildman–Crippen LogP) is 11.1. The summed E-state index contributed by atoms with van der Waals surface area (Å²) in [6.45, 7) is 11.2. The summed E-state index contributed by atoms with van der Waals surface area (Å²) in [5, 5.41) is 0. The van der Waals surface area contributed by atoms with Crippen LogP contribution in [0.15, 0.2) is 152 Å². The van der Waals surface area contributed by atoms with Crippen molar-refractivity contribution in [2.75, 3.05) is 21.7 Å². The van der Waals surface area contributed by atoms with Crippen LogP contribution in [-0.4, -0.2) is 23.5 Å². The molecule has 0 atom stereocenters. The molecule has 7 aromatic rings. The van der Waals surface area contributed by atoms with E-state index in [1.54, 1.807) is 0 Å². The minimum Gasteiger partial charge on any atom is -0.503 e. The third-order valence-corrected chi connectivity index (χ3v) is 10.8. The van der Waals surface area contributed by atoms with Gasteiger partial charge in [-0.25, -0.2) is 0 Å². The fourth-order valence-corrected chi connectivity index (χ4v) is 8.17. The van der Waals surface area contributed by atoms with Crippen molar-refractivity contribution in [1.29, 1.82) is 0 Å². The number of ether oxygens (including phenoxy) is 1. The second kappa shape index (κ2) is 16.0. The van der Waals surface area contributed by atoms with Crippen LogP contribution in [0.25, 0.3) is 33.6 Å². The van der Waals surface area contributed by atoms with Gasteiger partial charge in [0.05, 0.1) is 0 Å². The largest absolute Gasteiger partial charge is 0.503 e. The molecule has 6 nitrogen and oxygen atoms in total. The van der Waals surface area contributed by atoms with Crippen molar-refractivity contribution in [3.8, 4) is 45.1 Å². The Hall–Kier alpha value is -5.78. The zero-order chi connectivity index (χ0) is 38.3. The molecule has 8 heteroatoms. The van der Waals surface area contributed by atoms with E-state index in [1.165, 1.54) is 16.6 Å². The fourth-order valence-electron chi connectivity index (χ4n) is 8.17. The van der Waals surface area contributed by atoms with Crippen LogP contribution in [-0.2, 0) is 21.1 Å². The first kappa shape index (κ1) is 38.1. The molecule has 0 fully saturated rings. The minimum absolute atomic E-state index is 0. The molecular weight excluding hydrogens is 880 g/mol. The van der Waals surface area contributed by atoms with Crippen LogP contribution in [0.3, 0.4) is 0 Å². The van der Waals surface area contributed by atoms with E-state index in [0.717, 1.165) is 50.7 Å². The van der Waals surface area contributed by atoms with Gasteiger partial charge >= 0.3 is 6.98 Å². The van der Waals surface area contributed by atoms with Crippen molar-refractivity contribution in [2.24, 2.45) is 0 Å². The maximum atomic E-state index is 6.50. The van der Waals surface area contributed by atoms with Crippen LogP contribution in [0.2, 0.25) is 0 Å². The average molecular weight is 924 g/mol. The standard InChI is InChI=1S/C49H43BN5O.Pt/c1-34(2)41-21-13-22-42(35(3)4)47(41)50-52(5)46-26-25-40(32-45(46)49-51-27-28-55(49)50)56-39-20-12-19-38(31-39)53-29-30-54(33-53)48-43(36-15-8-6-9-16-36)23-14-24-44(48)37-17-10-7-11-18-37;/h6-30,33-35H,1-5H3;/q-3;. The molecule has 0 spiro atoms. The summed E-state index contributed by atoms with van der Waals surface area (Å²) >= 11 is 0. The van der Waals surface area contributed by atoms with Gasteiger partial charge in [0.15, 0.2) is 0 Å². The summed E-state index contributed by atoms with van der Waals surface area (Å²) in [6.07, 6.45) is 8.14. The van der Waals surface area contributed by atoms with Gasteiger partial charge in [0.25, 0.3) is 0 Å². The first-order valence-corrected chi connectivity index (χ1v) is 19.3. The van der Waals surface area contributed by atoms with Gasteiger partial charge in [0, 0.05) is 67.6 Å². The van der Waals surface area contributed by atoms with Crippen LogP contribution in [0.1, 0.15) is 50.7 Å². The Morgan fingerprint density at radius 3 is 1.89 bits per heavy atom. The summed E-state index contributed by atoms with van der Waals surface area (Å²) in [4.78, 5) is 11.5. The third kappa shape index (κ3) is 7.10. The number of aromatic nitrogens is 2. The summed E-state index contributed by atoms with van der Waals surface area (Å²) in [5.74, 6) is 2.85. The quantitative estimate of drug-likeness (QED) is 0.107. The monoisotopic (exact) mass is 923 g/mol. The van der Waals surface area contributed by atoms with Crippen LogP contribution in [0, 0.1) is 18.8 Å². The van der Waals surface area contributed by atoms with E-state index in [-0.39, 0.29) is 28.0 Å². The van der Waals surface area contributed by atoms with Gasteiger partial charge < -0.3 is 23.8 Å². The zero-order valence-corrected chi connectivity index (χ0v) is 35.0. The summed E-state index contributed by atoms with van der Waals surface area (Å²) in [5.41, 5.74) is 12.6. The number of benzene rings is 6. The van der Waals surface area contributed by atoms with E-state index in [0.29, 0.717) is 23.3 Å². The molecule has 2 aliphatic rings. The smallest absolute Gasteiger partial charge is 0.399 e. The van der Waals surface area contributed by atoms with Gasteiger partial charge in [0.1, 0.15) is 0 Å². The van der Waals surface area contributed by atoms with E-state index >= 15 is 0 Å². The fraction of sp³-hybridized carbons (Fsp3) is 0.143. The Balaban J connectivity index is 0.00000455. The molecule has 286 valence electrons. The Morgan fingerprint density at radius 2 is 1.25 bits per heavy atom. The Bertz CT molecular complexity index is 2470. The van der Waals surface area contributed by atoms with Crippen molar-refractivity contribution in [3.63, 3.8) is 0 Å². The van der Waals surface area contributed by atoms with Crippen molar-refractivity contribution in [3.05, 3.63) is 182 Å². The van der Waals surface area contributed by atoms with Gasteiger partial charge in [-0.15, -0.1) is 36.6 Å². The molecule has 0 amide bonds. The van der Waals surface area contributed by atoms with Crippen LogP contribution in [0.4, 0.5) is 17.1 Å². The molecule has 1 aromatic heterocycles. The molecule has 0 saturated carbocycles. The maximum Gasteiger partial charge on any atom is 0.399 e. The Labute approximate surface area is 351 Å². The molecule has 0 unspecified atom stereocenters. The van der Waals surface area contributed by atoms with Gasteiger partial charge in [-0.3, -0.25) is 4.98 Å². The van der Waals surface area contributed by atoms with E-state index < -0.39 is 0 Å². The normalized spacial score (nSPS) is 13.2. The number of hydrogen-bond donors (Lipinski definition) is 0. The molecule has 0 aliphatic carbocycles. The number of rotatable bonds is 9. The van der Waals surface area contributed by atoms with E-state index in [2.05, 4.69) is 194 Å². The Kier molecular flexibility index (Phi) is 10.7. The second-order valence-electron chi connectivity index (χ2n) is 15.0. The van der Waals surface area contributed by atoms with Crippen molar-refractivity contribution in [2.45, 2.75) is 39.5 Å². The maximum absolute atomic E-state index is 6.50. The SMILES string of the molecule is CC(C)c1cccc(C(C)C)c1B1N(C)c2ccc(Oc3[c-]c(N4C=CN(c5c(-c6ccccc6)cccc5-c5ccccc5)[CH-]4)ccc3)[c-]c2-c2nccn21.[Pt]. The molecule has 0 radical (unpaired) electrons. The molecule has 0 saturated heterocycles. The van der Waals surface area contributed by atoms with E-state index in [9.17, 15) is 0 Å². The molecule has 2 aliphatic heterocycles. The number of anilines is 3. The number of nitrogens with zero attached hydrogens (tertiary/aromatic N) is 5. The number of para-hydroxylation sites is 1. The first-order chi connectivity index (χ1) is 27.4. The molecule has 6 aromatic carbocycles. The first-order valence-electron chi connectivity index (χ1n) is 19.3.